The lowest BCUT2D eigenvalue weighted by Gasteiger charge is -2.01. The quantitative estimate of drug-likeness (QED) is 0.720. The van der Waals surface area contributed by atoms with Crippen molar-refractivity contribution < 1.29 is 4.74 Å². The van der Waals surface area contributed by atoms with E-state index in [4.69, 9.17) is 4.74 Å². The van der Waals surface area contributed by atoms with Crippen molar-refractivity contribution in [2.24, 2.45) is 0 Å². The van der Waals surface area contributed by atoms with Crippen molar-refractivity contribution in [3.05, 3.63) is 59.4 Å². The third-order valence-electron chi connectivity index (χ3n) is 2.94. The van der Waals surface area contributed by atoms with Gasteiger partial charge in [-0.15, -0.1) is 5.10 Å². The minimum Gasteiger partial charge on any atom is -0.472 e. The van der Waals surface area contributed by atoms with Crippen molar-refractivity contribution in [1.29, 1.82) is 0 Å². The number of nitrogens with zero attached hydrogens (tertiary/aromatic N) is 3. The summed E-state index contributed by atoms with van der Waals surface area (Å²) in [5.41, 5.74) is 3.98. The number of aromatic nitrogens is 3. The number of rotatable bonds is 3. The van der Waals surface area contributed by atoms with E-state index in [2.05, 4.69) is 10.1 Å². The maximum absolute atomic E-state index is 5.70. The largest absolute Gasteiger partial charge is 0.472 e. The third kappa shape index (κ3) is 2.42. The van der Waals surface area contributed by atoms with Crippen LogP contribution >= 0.6 is 0 Å². The van der Waals surface area contributed by atoms with E-state index in [0.29, 0.717) is 12.5 Å². The Morgan fingerprint density at radius 1 is 1.11 bits per heavy atom. The van der Waals surface area contributed by atoms with Crippen molar-refractivity contribution in [3.63, 3.8) is 0 Å². The summed E-state index contributed by atoms with van der Waals surface area (Å²) in [7, 11) is 0. The highest BCUT2D eigenvalue weighted by molar-refractivity contribution is 5.43. The summed E-state index contributed by atoms with van der Waals surface area (Å²) in [5.74, 6) is 0.602. The van der Waals surface area contributed by atoms with E-state index < -0.39 is 0 Å². The number of fused-ring (bicyclic) bond motifs is 1. The molecule has 19 heavy (non-hydrogen) atoms. The van der Waals surface area contributed by atoms with Gasteiger partial charge in [0, 0.05) is 17.5 Å². The zero-order chi connectivity index (χ0) is 13.2. The molecule has 3 aromatic rings. The lowest BCUT2D eigenvalue weighted by Crippen LogP contribution is -1.98. The van der Waals surface area contributed by atoms with Crippen LogP contribution in [-0.4, -0.2) is 14.6 Å². The number of hydrogen-bond acceptors (Lipinski definition) is 3. The van der Waals surface area contributed by atoms with Gasteiger partial charge in [-0.1, -0.05) is 30.3 Å². The predicted molar refractivity (Wildman–Crippen MR) is 73.2 cm³/mol. The monoisotopic (exact) mass is 253 g/mol. The minimum atomic E-state index is 0.517. The van der Waals surface area contributed by atoms with Crippen LogP contribution in [0.2, 0.25) is 0 Å². The first-order valence-corrected chi connectivity index (χ1v) is 6.23. The fraction of sp³-hybridized carbons (Fsp3) is 0.200. The Labute approximate surface area is 111 Å². The minimum absolute atomic E-state index is 0.517. The van der Waals surface area contributed by atoms with Gasteiger partial charge in [0.15, 0.2) is 5.65 Å². The molecule has 2 heterocycles. The van der Waals surface area contributed by atoms with Gasteiger partial charge in [-0.25, -0.2) is 9.50 Å². The van der Waals surface area contributed by atoms with Gasteiger partial charge in [-0.05, 0) is 25.5 Å². The molecule has 4 heteroatoms. The van der Waals surface area contributed by atoms with Crippen molar-refractivity contribution in [2.75, 3.05) is 0 Å². The van der Waals surface area contributed by atoms with Crippen molar-refractivity contribution >= 4 is 5.65 Å². The second-order valence-corrected chi connectivity index (χ2v) is 4.57. The van der Waals surface area contributed by atoms with Crippen LogP contribution in [0.15, 0.2) is 42.5 Å². The molecule has 0 radical (unpaired) electrons. The standard InChI is InChI=1S/C15H15N3O/c1-11-8-12(2)18-14(16-11)9-15(17-18)19-10-13-6-4-3-5-7-13/h3-9H,10H2,1-2H3. The van der Waals surface area contributed by atoms with Crippen molar-refractivity contribution in [3.8, 4) is 5.88 Å². The molecule has 0 saturated heterocycles. The van der Waals surface area contributed by atoms with Crippen LogP contribution in [-0.2, 0) is 6.61 Å². The highest BCUT2D eigenvalue weighted by Crippen LogP contribution is 2.15. The molecule has 0 atom stereocenters. The lowest BCUT2D eigenvalue weighted by atomic mass is 10.2. The summed E-state index contributed by atoms with van der Waals surface area (Å²) in [6.07, 6.45) is 0. The third-order valence-corrected chi connectivity index (χ3v) is 2.94. The fourth-order valence-electron chi connectivity index (χ4n) is 2.07. The summed E-state index contributed by atoms with van der Waals surface area (Å²) >= 11 is 0. The summed E-state index contributed by atoms with van der Waals surface area (Å²) in [6.45, 7) is 4.50. The molecule has 4 nitrogen and oxygen atoms in total. The predicted octanol–water partition coefficient (Wildman–Crippen LogP) is 2.93. The Morgan fingerprint density at radius 2 is 1.89 bits per heavy atom. The first kappa shape index (κ1) is 11.7. The summed E-state index contributed by atoms with van der Waals surface area (Å²) in [5, 5.41) is 4.40. The van der Waals surface area contributed by atoms with Crippen LogP contribution in [0.4, 0.5) is 0 Å². The number of hydrogen-bond donors (Lipinski definition) is 0. The molecular weight excluding hydrogens is 238 g/mol. The maximum atomic E-state index is 5.70. The molecule has 0 N–H and O–H groups in total. The summed E-state index contributed by atoms with van der Waals surface area (Å²) in [4.78, 5) is 4.43. The highest BCUT2D eigenvalue weighted by Gasteiger charge is 2.06. The zero-order valence-corrected chi connectivity index (χ0v) is 11.0. The van der Waals surface area contributed by atoms with Gasteiger partial charge >= 0.3 is 0 Å². The van der Waals surface area contributed by atoms with E-state index in [1.807, 2.05) is 56.3 Å². The molecule has 0 fully saturated rings. The molecule has 0 spiro atoms. The molecule has 0 unspecified atom stereocenters. The normalized spacial score (nSPS) is 10.8. The Hall–Kier alpha value is -2.36. The Morgan fingerprint density at radius 3 is 2.68 bits per heavy atom. The SMILES string of the molecule is Cc1cc(C)n2nc(OCc3ccccc3)cc2n1. The zero-order valence-electron chi connectivity index (χ0n) is 11.0. The molecule has 3 rings (SSSR count). The molecule has 0 saturated carbocycles. The maximum Gasteiger partial charge on any atom is 0.235 e. The summed E-state index contributed by atoms with van der Waals surface area (Å²) in [6, 6.07) is 13.9. The fourth-order valence-corrected chi connectivity index (χ4v) is 2.07. The molecule has 0 aliphatic rings. The molecule has 96 valence electrons. The Bertz CT molecular complexity index is 704. The van der Waals surface area contributed by atoms with E-state index in [1.54, 1.807) is 4.52 Å². The van der Waals surface area contributed by atoms with Crippen LogP contribution in [0.3, 0.4) is 0 Å². The van der Waals surface area contributed by atoms with Gasteiger partial charge in [0.05, 0.1) is 0 Å². The van der Waals surface area contributed by atoms with Gasteiger partial charge in [-0.3, -0.25) is 0 Å². The molecule has 2 aromatic heterocycles. The smallest absolute Gasteiger partial charge is 0.235 e. The molecule has 1 aromatic carbocycles. The van der Waals surface area contributed by atoms with Gasteiger partial charge in [0.1, 0.15) is 6.61 Å². The first-order chi connectivity index (χ1) is 9.22. The molecule has 0 bridgehead atoms. The van der Waals surface area contributed by atoms with Gasteiger partial charge in [-0.2, -0.15) is 0 Å². The van der Waals surface area contributed by atoms with Gasteiger partial charge in [0.25, 0.3) is 0 Å². The van der Waals surface area contributed by atoms with E-state index in [0.717, 1.165) is 22.6 Å². The number of ether oxygens (including phenoxy) is 1. The number of benzene rings is 1. The first-order valence-electron chi connectivity index (χ1n) is 6.23. The highest BCUT2D eigenvalue weighted by atomic mass is 16.5. The van der Waals surface area contributed by atoms with Gasteiger partial charge in [0.2, 0.25) is 5.88 Å². The molecular formula is C15H15N3O. The van der Waals surface area contributed by atoms with E-state index in [9.17, 15) is 0 Å². The summed E-state index contributed by atoms with van der Waals surface area (Å²) < 4.78 is 7.50. The Balaban J connectivity index is 1.84. The van der Waals surface area contributed by atoms with Gasteiger partial charge < -0.3 is 4.74 Å². The molecule has 0 amide bonds. The average Bonchev–Trinajstić information content (AvgIpc) is 2.81. The van der Waals surface area contributed by atoms with Crippen LogP contribution < -0.4 is 4.74 Å². The molecule has 0 aliphatic heterocycles. The van der Waals surface area contributed by atoms with Crippen LogP contribution in [0.1, 0.15) is 17.0 Å². The van der Waals surface area contributed by atoms with Crippen LogP contribution in [0.5, 0.6) is 5.88 Å². The number of aryl methyl sites for hydroxylation is 2. The topological polar surface area (TPSA) is 39.4 Å². The molecule has 0 aliphatic carbocycles. The van der Waals surface area contributed by atoms with E-state index in [1.165, 1.54) is 0 Å². The lowest BCUT2D eigenvalue weighted by molar-refractivity contribution is 0.292. The van der Waals surface area contributed by atoms with Crippen LogP contribution in [0.25, 0.3) is 5.65 Å². The Kier molecular flexibility index (Phi) is 2.91. The van der Waals surface area contributed by atoms with Crippen LogP contribution in [0, 0.1) is 13.8 Å². The van der Waals surface area contributed by atoms with Crippen molar-refractivity contribution in [2.45, 2.75) is 20.5 Å². The van der Waals surface area contributed by atoms with E-state index >= 15 is 0 Å². The second kappa shape index (κ2) is 4.72. The van der Waals surface area contributed by atoms with E-state index in [-0.39, 0.29) is 0 Å². The second-order valence-electron chi connectivity index (χ2n) is 4.57. The van der Waals surface area contributed by atoms with Crippen molar-refractivity contribution in [1.82, 2.24) is 14.6 Å². The average molecular weight is 253 g/mol.